The Bertz CT molecular complexity index is 1230. The molecule has 0 aliphatic heterocycles. The third-order valence-electron chi connectivity index (χ3n) is 7.84. The van der Waals surface area contributed by atoms with Crippen LogP contribution < -0.4 is 10.1 Å². The van der Waals surface area contributed by atoms with Crippen LogP contribution in [-0.4, -0.2) is 23.7 Å². The van der Waals surface area contributed by atoms with Gasteiger partial charge in [-0.25, -0.2) is 4.79 Å². The van der Waals surface area contributed by atoms with Crippen LogP contribution in [0.15, 0.2) is 66.7 Å². The molecule has 1 fully saturated rings. The highest BCUT2D eigenvalue weighted by Crippen LogP contribution is 2.58. The van der Waals surface area contributed by atoms with Gasteiger partial charge in [-0.2, -0.15) is 0 Å². The Balaban J connectivity index is 1.51. The molecule has 1 spiro atoms. The molecule has 0 aromatic heterocycles. The predicted octanol–water partition coefficient (Wildman–Crippen LogP) is 7.09. The molecule has 0 heterocycles. The van der Waals surface area contributed by atoms with Crippen molar-refractivity contribution in [2.24, 2.45) is 0 Å². The van der Waals surface area contributed by atoms with Crippen molar-refractivity contribution in [1.82, 2.24) is 0 Å². The summed E-state index contributed by atoms with van der Waals surface area (Å²) in [4.78, 5) is 12.6. The molecule has 6 heteroatoms. The van der Waals surface area contributed by atoms with Crippen molar-refractivity contribution in [1.29, 1.82) is 0 Å². The summed E-state index contributed by atoms with van der Waals surface area (Å²) in [5, 5.41) is 14.9. The second-order valence-corrected chi connectivity index (χ2v) is 10.3. The van der Waals surface area contributed by atoms with Crippen molar-refractivity contribution in [3.63, 3.8) is 0 Å². The summed E-state index contributed by atoms with van der Waals surface area (Å²) in [5.74, 6) is 0.0893. The summed E-state index contributed by atoms with van der Waals surface area (Å²) in [6, 6.07) is 21.7. The van der Waals surface area contributed by atoms with Crippen molar-refractivity contribution in [2.45, 2.75) is 49.0 Å². The molecule has 2 aliphatic carbocycles. The zero-order chi connectivity index (χ0) is 23.9. The molecule has 0 bridgehead atoms. The van der Waals surface area contributed by atoms with Crippen LogP contribution in [0.1, 0.15) is 48.3 Å². The van der Waals surface area contributed by atoms with Gasteiger partial charge in [0.05, 0.1) is 7.11 Å². The van der Waals surface area contributed by atoms with Gasteiger partial charge in [0.25, 0.3) is 0 Å². The highest BCUT2D eigenvalue weighted by atomic mass is 35.5. The number of anilines is 1. The van der Waals surface area contributed by atoms with Gasteiger partial charge in [0.2, 0.25) is 0 Å². The normalized spacial score (nSPS) is 25.7. The highest BCUT2D eigenvalue weighted by Gasteiger charge is 2.54. The number of ether oxygens (including phenoxy) is 1. The quantitative estimate of drug-likeness (QED) is 0.396. The first-order valence-electron chi connectivity index (χ1n) is 11.6. The van der Waals surface area contributed by atoms with Crippen LogP contribution >= 0.6 is 23.2 Å². The largest absolute Gasteiger partial charge is 0.497 e. The van der Waals surface area contributed by atoms with Gasteiger partial charge in [-0.15, -0.1) is 0 Å². The predicted molar refractivity (Wildman–Crippen MR) is 136 cm³/mol. The molecule has 0 radical (unpaired) electrons. The number of nitrogens with one attached hydrogen (secondary N) is 1. The van der Waals surface area contributed by atoms with Crippen molar-refractivity contribution < 1.29 is 14.6 Å². The van der Waals surface area contributed by atoms with Crippen molar-refractivity contribution in [3.8, 4) is 5.75 Å². The van der Waals surface area contributed by atoms with Crippen LogP contribution in [0.2, 0.25) is 10.0 Å². The fourth-order valence-corrected chi connectivity index (χ4v) is 6.58. The molecule has 1 atom stereocenters. The van der Waals surface area contributed by atoms with Crippen molar-refractivity contribution in [3.05, 3.63) is 93.5 Å². The van der Waals surface area contributed by atoms with Crippen LogP contribution in [0.5, 0.6) is 5.75 Å². The number of hydrogen-bond donors (Lipinski definition) is 2. The molecule has 34 heavy (non-hydrogen) atoms. The van der Waals surface area contributed by atoms with Gasteiger partial charge in [-0.1, -0.05) is 59.6 Å². The minimum absolute atomic E-state index is 0.163. The first-order valence-corrected chi connectivity index (χ1v) is 12.3. The van der Waals surface area contributed by atoms with Gasteiger partial charge in [0.1, 0.15) is 11.3 Å². The van der Waals surface area contributed by atoms with Crippen LogP contribution in [0.4, 0.5) is 5.69 Å². The fourth-order valence-electron chi connectivity index (χ4n) is 6.09. The van der Waals surface area contributed by atoms with E-state index in [2.05, 4.69) is 35.6 Å². The molecule has 1 saturated carbocycles. The number of carbonyl (C=O) groups is 1. The van der Waals surface area contributed by atoms with Crippen molar-refractivity contribution in [2.75, 3.05) is 12.4 Å². The lowest BCUT2D eigenvalue weighted by Gasteiger charge is -2.47. The van der Waals surface area contributed by atoms with Gasteiger partial charge in [0, 0.05) is 21.1 Å². The number of benzene rings is 3. The lowest BCUT2D eigenvalue weighted by Crippen LogP contribution is -2.52. The van der Waals surface area contributed by atoms with Crippen LogP contribution in [0, 0.1) is 0 Å². The molecule has 4 nitrogen and oxygen atoms in total. The molecule has 3 aromatic rings. The second-order valence-electron chi connectivity index (χ2n) is 9.48. The maximum absolute atomic E-state index is 12.6. The smallest absolute Gasteiger partial charge is 0.329 e. The number of halogens is 2. The zero-order valence-electron chi connectivity index (χ0n) is 19.0. The van der Waals surface area contributed by atoms with Gasteiger partial charge >= 0.3 is 5.97 Å². The van der Waals surface area contributed by atoms with E-state index in [1.165, 1.54) is 11.1 Å². The summed E-state index contributed by atoms with van der Waals surface area (Å²) in [6.45, 7) is 0. The summed E-state index contributed by atoms with van der Waals surface area (Å²) in [5.41, 5.74) is 3.28. The summed E-state index contributed by atoms with van der Waals surface area (Å²) in [7, 11) is 1.64. The number of fused-ring (bicyclic) bond motifs is 2. The summed E-state index contributed by atoms with van der Waals surface area (Å²) in [6.07, 6.45) is 3.40. The minimum Gasteiger partial charge on any atom is -0.497 e. The Labute approximate surface area is 209 Å². The molecule has 0 amide bonds. The van der Waals surface area contributed by atoms with E-state index in [1.807, 2.05) is 24.3 Å². The zero-order valence-corrected chi connectivity index (χ0v) is 20.5. The van der Waals surface area contributed by atoms with E-state index in [4.69, 9.17) is 27.9 Å². The van der Waals surface area contributed by atoms with Crippen LogP contribution in [0.3, 0.4) is 0 Å². The lowest BCUT2D eigenvalue weighted by atomic mass is 9.59. The number of carboxylic acid groups (broad SMARTS) is 1. The molecule has 5 rings (SSSR count). The molecule has 176 valence electrons. The number of methoxy groups -OCH3 is 1. The Hall–Kier alpha value is -2.69. The van der Waals surface area contributed by atoms with Crippen LogP contribution in [0.25, 0.3) is 0 Å². The SMILES string of the molecule is COc1ccc([C@@H]2Cc3ccccc3C23CCC(Nc2cccc(Cl)c2)(C(=O)O)CC3)c(Cl)c1. The van der Waals surface area contributed by atoms with E-state index in [1.54, 1.807) is 19.2 Å². The Morgan fingerprint density at radius 1 is 1.00 bits per heavy atom. The topological polar surface area (TPSA) is 58.6 Å². The maximum Gasteiger partial charge on any atom is 0.329 e. The van der Waals surface area contributed by atoms with Gasteiger partial charge in [0.15, 0.2) is 0 Å². The summed E-state index contributed by atoms with van der Waals surface area (Å²) < 4.78 is 5.36. The molecular formula is C28H27Cl2NO3. The summed E-state index contributed by atoms with van der Waals surface area (Å²) >= 11 is 12.9. The standard InChI is InChI=1S/C28H27Cl2NO3/c1-34-21-9-10-22(25(30)17-21)24-15-18-5-2-3-8-23(18)27(24)11-13-28(14-12-27,26(32)33)31-20-7-4-6-19(29)16-20/h2-10,16-17,24,31H,11-15H2,1H3,(H,32,33)/t24-,27?,28?/m0/s1. The molecular weight excluding hydrogens is 469 g/mol. The van der Waals surface area contributed by atoms with E-state index in [9.17, 15) is 9.90 Å². The number of rotatable bonds is 5. The number of carboxylic acids is 1. The lowest BCUT2D eigenvalue weighted by molar-refractivity contribution is -0.144. The van der Waals surface area contributed by atoms with E-state index in [0.717, 1.165) is 36.3 Å². The molecule has 2 N–H and O–H groups in total. The Kier molecular flexibility index (Phi) is 5.99. The first-order chi connectivity index (χ1) is 16.4. The fraction of sp³-hybridized carbons (Fsp3) is 0.321. The van der Waals surface area contributed by atoms with E-state index < -0.39 is 11.5 Å². The monoisotopic (exact) mass is 495 g/mol. The molecule has 0 unspecified atom stereocenters. The number of hydrogen-bond acceptors (Lipinski definition) is 3. The highest BCUT2D eigenvalue weighted by molar-refractivity contribution is 6.31. The van der Waals surface area contributed by atoms with Crippen molar-refractivity contribution >= 4 is 34.9 Å². The van der Waals surface area contributed by atoms with E-state index in [0.29, 0.717) is 22.9 Å². The van der Waals surface area contributed by atoms with Crippen LogP contribution in [-0.2, 0) is 16.6 Å². The average molecular weight is 496 g/mol. The number of aliphatic carboxylic acids is 1. The Morgan fingerprint density at radius 2 is 1.76 bits per heavy atom. The third-order valence-corrected chi connectivity index (χ3v) is 8.40. The molecule has 3 aromatic carbocycles. The Morgan fingerprint density at radius 3 is 2.44 bits per heavy atom. The van der Waals surface area contributed by atoms with Gasteiger partial charge in [-0.05, 0) is 85.0 Å². The van der Waals surface area contributed by atoms with E-state index in [-0.39, 0.29) is 11.3 Å². The first kappa shape index (κ1) is 23.1. The molecule has 2 aliphatic rings. The van der Waals surface area contributed by atoms with E-state index >= 15 is 0 Å². The average Bonchev–Trinajstić information content (AvgIpc) is 3.14. The minimum atomic E-state index is -1.04. The van der Waals surface area contributed by atoms with Gasteiger partial charge in [-0.3, -0.25) is 0 Å². The second kappa shape index (κ2) is 8.83. The maximum atomic E-state index is 12.6. The molecule has 0 saturated heterocycles. The third kappa shape index (κ3) is 3.83. The van der Waals surface area contributed by atoms with Gasteiger partial charge < -0.3 is 15.2 Å².